The highest BCUT2D eigenvalue weighted by Gasteiger charge is 2.65. The summed E-state index contributed by atoms with van der Waals surface area (Å²) in [5.74, 6) is 5.78. The third-order valence-corrected chi connectivity index (χ3v) is 10.2. The van der Waals surface area contributed by atoms with E-state index >= 15 is 0 Å². The minimum absolute atomic E-state index is 0.0509. The SMILES string of the molecule is C#CC(=C)C[C@]1(C(C)=O)CCC2C3C[C@H](C)C4=CC(=C)CCC4(C)[C@H]3CCC21C. The predicted octanol–water partition coefficient (Wildman–Crippen LogP) is 6.91. The number of hydrogen-bond donors (Lipinski definition) is 0. The lowest BCUT2D eigenvalue weighted by molar-refractivity contribution is -0.141. The maximum atomic E-state index is 13.1. The van der Waals surface area contributed by atoms with Gasteiger partial charge in [-0.3, -0.25) is 4.79 Å². The molecule has 4 unspecified atom stereocenters. The van der Waals surface area contributed by atoms with Gasteiger partial charge in [0.05, 0.1) is 0 Å². The third kappa shape index (κ3) is 2.71. The van der Waals surface area contributed by atoms with E-state index in [4.69, 9.17) is 6.42 Å². The topological polar surface area (TPSA) is 17.1 Å². The van der Waals surface area contributed by atoms with Crippen LogP contribution in [0.3, 0.4) is 0 Å². The molecule has 3 saturated carbocycles. The van der Waals surface area contributed by atoms with Crippen LogP contribution in [-0.2, 0) is 4.79 Å². The quantitative estimate of drug-likeness (QED) is 0.479. The molecule has 4 aliphatic carbocycles. The molecule has 0 saturated heterocycles. The van der Waals surface area contributed by atoms with Crippen molar-refractivity contribution < 1.29 is 4.79 Å². The van der Waals surface area contributed by atoms with Gasteiger partial charge in [-0.1, -0.05) is 57.1 Å². The summed E-state index contributed by atoms with van der Waals surface area (Å²) in [6.07, 6.45) is 17.0. The molecule has 29 heavy (non-hydrogen) atoms. The second-order valence-electron chi connectivity index (χ2n) is 11.2. The number of hydrogen-bond acceptors (Lipinski definition) is 1. The molecular formula is C28H38O. The van der Waals surface area contributed by atoms with E-state index in [2.05, 4.69) is 45.9 Å². The molecule has 0 aromatic carbocycles. The van der Waals surface area contributed by atoms with Crippen molar-refractivity contribution in [2.75, 3.05) is 0 Å². The summed E-state index contributed by atoms with van der Waals surface area (Å²) >= 11 is 0. The van der Waals surface area contributed by atoms with Gasteiger partial charge in [-0.25, -0.2) is 0 Å². The Morgan fingerprint density at radius 2 is 1.93 bits per heavy atom. The molecule has 0 bridgehead atoms. The van der Waals surface area contributed by atoms with Gasteiger partial charge in [-0.2, -0.15) is 0 Å². The standard InChI is InChI=1S/C28H38O/c1-8-18(2)17-28(21(5)29)14-11-24-22-16-20(4)25-15-19(3)9-12-26(25,6)23(22)10-13-27(24,28)7/h1,15,20,22-24H,2-3,9-14,16-17H2,4-7H3/t20-,22?,23-,24?,26?,27?,28-/m0/s1. The summed E-state index contributed by atoms with van der Waals surface area (Å²) in [7, 11) is 0. The van der Waals surface area contributed by atoms with Crippen molar-refractivity contribution in [2.45, 2.75) is 79.1 Å². The zero-order chi connectivity index (χ0) is 21.2. The van der Waals surface area contributed by atoms with Gasteiger partial charge in [0.2, 0.25) is 0 Å². The van der Waals surface area contributed by atoms with Crippen molar-refractivity contribution in [1.29, 1.82) is 0 Å². The zero-order valence-corrected chi connectivity index (χ0v) is 18.9. The van der Waals surface area contributed by atoms with E-state index in [1.807, 2.05) is 6.92 Å². The zero-order valence-electron chi connectivity index (χ0n) is 18.9. The van der Waals surface area contributed by atoms with Gasteiger partial charge in [-0.15, -0.1) is 6.42 Å². The minimum Gasteiger partial charge on any atom is -0.299 e. The highest BCUT2D eigenvalue weighted by molar-refractivity contribution is 5.84. The van der Waals surface area contributed by atoms with E-state index in [1.165, 1.54) is 31.3 Å². The maximum absolute atomic E-state index is 13.1. The first-order valence-corrected chi connectivity index (χ1v) is 11.6. The number of terminal acetylenes is 1. The summed E-state index contributed by atoms with van der Waals surface area (Å²) < 4.78 is 0. The Labute approximate surface area is 178 Å². The molecule has 4 rings (SSSR count). The second-order valence-corrected chi connectivity index (χ2v) is 11.2. The van der Waals surface area contributed by atoms with Gasteiger partial charge < -0.3 is 0 Å². The Hall–Kier alpha value is -1.55. The monoisotopic (exact) mass is 390 g/mol. The molecule has 0 amide bonds. The number of rotatable bonds is 3. The molecule has 0 radical (unpaired) electrons. The molecule has 1 heteroatoms. The van der Waals surface area contributed by atoms with Crippen LogP contribution in [0.1, 0.15) is 79.1 Å². The first-order chi connectivity index (χ1) is 13.6. The van der Waals surface area contributed by atoms with Crippen molar-refractivity contribution in [2.24, 2.45) is 39.9 Å². The molecule has 1 nitrogen and oxygen atoms in total. The smallest absolute Gasteiger partial charge is 0.136 e. The van der Waals surface area contributed by atoms with Crippen LogP contribution in [0.4, 0.5) is 0 Å². The van der Waals surface area contributed by atoms with E-state index in [9.17, 15) is 4.79 Å². The summed E-state index contributed by atoms with van der Waals surface area (Å²) in [4.78, 5) is 13.1. The van der Waals surface area contributed by atoms with Crippen molar-refractivity contribution in [3.05, 3.63) is 36.0 Å². The lowest BCUT2D eigenvalue weighted by Crippen LogP contribution is -2.55. The predicted molar refractivity (Wildman–Crippen MR) is 121 cm³/mol. The molecule has 7 atom stereocenters. The maximum Gasteiger partial charge on any atom is 0.136 e. The summed E-state index contributed by atoms with van der Waals surface area (Å²) in [6.45, 7) is 17.6. The molecule has 0 spiro atoms. The van der Waals surface area contributed by atoms with Gasteiger partial charge in [0.25, 0.3) is 0 Å². The van der Waals surface area contributed by atoms with E-state index in [1.54, 1.807) is 5.57 Å². The number of Topliss-reactive ketones (excluding diaryl/α,β-unsaturated/α-hetero) is 1. The Kier molecular flexibility index (Phi) is 4.81. The fourth-order valence-electron chi connectivity index (χ4n) is 8.61. The van der Waals surface area contributed by atoms with E-state index in [-0.39, 0.29) is 10.8 Å². The van der Waals surface area contributed by atoms with Crippen LogP contribution in [0.25, 0.3) is 0 Å². The van der Waals surface area contributed by atoms with Crippen LogP contribution >= 0.6 is 0 Å². The lowest BCUT2D eigenvalue weighted by Gasteiger charge is -2.61. The van der Waals surface area contributed by atoms with Crippen molar-refractivity contribution in [3.8, 4) is 12.3 Å². The molecule has 3 fully saturated rings. The van der Waals surface area contributed by atoms with E-state index in [0.717, 1.165) is 36.7 Å². The van der Waals surface area contributed by atoms with Crippen molar-refractivity contribution in [1.82, 2.24) is 0 Å². The number of carbonyl (C=O) groups excluding carboxylic acids is 1. The first-order valence-electron chi connectivity index (χ1n) is 11.6. The lowest BCUT2D eigenvalue weighted by atomic mass is 9.43. The normalized spacial score (nSPS) is 46.0. The molecule has 156 valence electrons. The Morgan fingerprint density at radius 1 is 1.24 bits per heavy atom. The molecule has 0 N–H and O–H groups in total. The van der Waals surface area contributed by atoms with Gasteiger partial charge in [-0.05, 0) is 98.4 Å². The molecule has 4 aliphatic rings. The number of ketones is 1. The fourth-order valence-corrected chi connectivity index (χ4v) is 8.61. The minimum atomic E-state index is -0.312. The largest absolute Gasteiger partial charge is 0.299 e. The number of fused-ring (bicyclic) bond motifs is 5. The Morgan fingerprint density at radius 3 is 2.59 bits per heavy atom. The van der Waals surface area contributed by atoms with Crippen LogP contribution in [-0.4, -0.2) is 5.78 Å². The molecule has 0 aliphatic heterocycles. The number of allylic oxidation sites excluding steroid dienone is 4. The first kappa shape index (κ1) is 20.7. The molecular weight excluding hydrogens is 352 g/mol. The average molecular weight is 391 g/mol. The summed E-state index contributed by atoms with van der Waals surface area (Å²) in [6, 6.07) is 0. The number of carbonyl (C=O) groups is 1. The van der Waals surface area contributed by atoms with Crippen LogP contribution < -0.4 is 0 Å². The van der Waals surface area contributed by atoms with Gasteiger partial charge >= 0.3 is 0 Å². The summed E-state index contributed by atoms with van der Waals surface area (Å²) in [5.41, 5.74) is 3.82. The van der Waals surface area contributed by atoms with Gasteiger partial charge in [0.15, 0.2) is 0 Å². The van der Waals surface area contributed by atoms with Gasteiger partial charge in [0.1, 0.15) is 5.78 Å². The van der Waals surface area contributed by atoms with E-state index in [0.29, 0.717) is 29.5 Å². The van der Waals surface area contributed by atoms with Gasteiger partial charge in [0, 0.05) is 5.41 Å². The average Bonchev–Trinajstić information content (AvgIpc) is 2.97. The van der Waals surface area contributed by atoms with Crippen LogP contribution in [0, 0.1) is 52.3 Å². The molecule has 0 aromatic heterocycles. The van der Waals surface area contributed by atoms with E-state index < -0.39 is 0 Å². The van der Waals surface area contributed by atoms with Crippen LogP contribution in [0.15, 0.2) is 36.0 Å². The molecule has 0 aromatic rings. The van der Waals surface area contributed by atoms with Crippen LogP contribution in [0.2, 0.25) is 0 Å². The molecule has 0 heterocycles. The summed E-state index contributed by atoms with van der Waals surface area (Å²) in [5, 5.41) is 0. The van der Waals surface area contributed by atoms with Crippen molar-refractivity contribution >= 4 is 5.78 Å². The van der Waals surface area contributed by atoms with Crippen molar-refractivity contribution in [3.63, 3.8) is 0 Å². The highest BCUT2D eigenvalue weighted by Crippen LogP contribution is 2.71. The fraction of sp³-hybridized carbons (Fsp3) is 0.679. The van der Waals surface area contributed by atoms with Crippen LogP contribution in [0.5, 0.6) is 0 Å². The second kappa shape index (κ2) is 6.73. The Bertz CT molecular complexity index is 837. The third-order valence-electron chi connectivity index (χ3n) is 10.2. The Balaban J connectivity index is 1.73. The highest BCUT2D eigenvalue weighted by atomic mass is 16.1.